The molecule has 1 atom stereocenters. The van der Waals surface area contributed by atoms with Crippen LogP contribution in [0.15, 0.2) is 60.8 Å². The molecule has 5 nitrogen and oxygen atoms in total. The molecule has 5 heteroatoms. The first-order valence-electron chi connectivity index (χ1n) is 11.8. The summed E-state index contributed by atoms with van der Waals surface area (Å²) >= 11 is 0. The number of rotatable bonds is 18. The third-order valence-electron chi connectivity index (χ3n) is 4.56. The lowest BCUT2D eigenvalue weighted by Gasteiger charge is -2.28. The van der Waals surface area contributed by atoms with Crippen molar-refractivity contribution >= 4 is 11.9 Å². The fraction of sp³-hybridized carbons (Fsp3) is 0.556. The molecule has 0 radical (unpaired) electrons. The summed E-state index contributed by atoms with van der Waals surface area (Å²) in [5, 5.41) is 8.98. The second kappa shape index (κ2) is 19.3. The molecule has 0 saturated heterocycles. The van der Waals surface area contributed by atoms with E-state index in [1.54, 1.807) is 12.2 Å². The highest BCUT2D eigenvalue weighted by Crippen LogP contribution is 2.08. The summed E-state index contributed by atoms with van der Waals surface area (Å²) < 4.78 is 5.79. The molecule has 32 heavy (non-hydrogen) atoms. The van der Waals surface area contributed by atoms with Gasteiger partial charge in [-0.25, -0.2) is 4.79 Å². The van der Waals surface area contributed by atoms with E-state index in [9.17, 15) is 9.59 Å². The van der Waals surface area contributed by atoms with Gasteiger partial charge in [0.15, 0.2) is 6.10 Å². The molecule has 0 aromatic heterocycles. The molecule has 1 unspecified atom stereocenters. The lowest BCUT2D eigenvalue weighted by Crippen LogP contribution is -2.43. The minimum absolute atomic E-state index is 0.201. The summed E-state index contributed by atoms with van der Waals surface area (Å²) in [6.07, 6.45) is 28.1. The van der Waals surface area contributed by atoms with E-state index in [1.165, 1.54) is 51.0 Å². The van der Waals surface area contributed by atoms with Crippen LogP contribution in [0.3, 0.4) is 0 Å². The maximum atomic E-state index is 11.9. The molecule has 0 rings (SSSR count). The Labute approximate surface area is 195 Å². The van der Waals surface area contributed by atoms with E-state index in [2.05, 4.69) is 19.1 Å². The number of carbonyl (C=O) groups excluding carboxylic acids is 1. The van der Waals surface area contributed by atoms with Gasteiger partial charge in [-0.05, 0) is 12.8 Å². The van der Waals surface area contributed by atoms with Crippen LogP contribution >= 0.6 is 0 Å². The molecule has 0 aromatic carbocycles. The number of hydrogen-bond acceptors (Lipinski definition) is 3. The van der Waals surface area contributed by atoms with Crippen LogP contribution < -0.4 is 0 Å². The molecule has 180 valence electrons. The van der Waals surface area contributed by atoms with Crippen molar-refractivity contribution < 1.29 is 23.9 Å². The van der Waals surface area contributed by atoms with Gasteiger partial charge < -0.3 is 14.3 Å². The first kappa shape index (κ1) is 29.6. The number of ether oxygens (including phenoxy) is 1. The van der Waals surface area contributed by atoms with E-state index in [0.29, 0.717) is 11.0 Å². The number of esters is 1. The predicted molar refractivity (Wildman–Crippen MR) is 133 cm³/mol. The average Bonchev–Trinajstić information content (AvgIpc) is 2.68. The highest BCUT2D eigenvalue weighted by atomic mass is 16.5. The Balaban J connectivity index is 4.07. The van der Waals surface area contributed by atoms with E-state index in [-0.39, 0.29) is 6.42 Å². The van der Waals surface area contributed by atoms with Crippen molar-refractivity contribution in [2.45, 2.75) is 70.8 Å². The van der Waals surface area contributed by atoms with Gasteiger partial charge in [-0.3, -0.25) is 4.79 Å². The zero-order valence-corrected chi connectivity index (χ0v) is 20.5. The Bertz CT molecular complexity index is 651. The van der Waals surface area contributed by atoms with Gasteiger partial charge >= 0.3 is 11.9 Å². The Morgan fingerprint density at radius 1 is 0.812 bits per heavy atom. The molecular formula is C27H44NO4+. The molecule has 0 heterocycles. The highest BCUT2D eigenvalue weighted by Gasteiger charge is 2.23. The van der Waals surface area contributed by atoms with Crippen LogP contribution in [0.25, 0.3) is 0 Å². The largest absolute Gasteiger partial charge is 0.481 e. The quantitative estimate of drug-likeness (QED) is 0.0922. The topological polar surface area (TPSA) is 63.6 Å². The summed E-state index contributed by atoms with van der Waals surface area (Å²) in [5.41, 5.74) is 0. The summed E-state index contributed by atoms with van der Waals surface area (Å²) in [7, 11) is 5.77. The molecule has 0 fully saturated rings. The van der Waals surface area contributed by atoms with Gasteiger partial charge in [-0.15, -0.1) is 0 Å². The number of aliphatic carboxylic acids is 1. The summed E-state index contributed by atoms with van der Waals surface area (Å²) in [6.45, 7) is 2.68. The van der Waals surface area contributed by atoms with Gasteiger partial charge in [0.25, 0.3) is 0 Å². The van der Waals surface area contributed by atoms with Crippen molar-refractivity contribution in [1.82, 2.24) is 0 Å². The van der Waals surface area contributed by atoms with Gasteiger partial charge in [0, 0.05) is 6.08 Å². The minimum Gasteiger partial charge on any atom is -0.481 e. The van der Waals surface area contributed by atoms with Crippen LogP contribution in [0.1, 0.15) is 64.7 Å². The van der Waals surface area contributed by atoms with Gasteiger partial charge in [-0.2, -0.15) is 0 Å². The summed E-state index contributed by atoms with van der Waals surface area (Å²) in [4.78, 5) is 22.9. The molecule has 0 spiro atoms. The third kappa shape index (κ3) is 22.3. The minimum atomic E-state index is -0.981. The molecule has 0 aromatic rings. The van der Waals surface area contributed by atoms with Gasteiger partial charge in [-0.1, -0.05) is 100 Å². The molecule has 0 aliphatic rings. The molecule has 0 aliphatic carbocycles. The number of carboxylic acids is 1. The Hall–Kier alpha value is -2.40. The van der Waals surface area contributed by atoms with E-state index < -0.39 is 18.0 Å². The zero-order chi connectivity index (χ0) is 24.1. The van der Waals surface area contributed by atoms with Gasteiger partial charge in [0.2, 0.25) is 0 Å². The Kier molecular flexibility index (Phi) is 17.9. The lowest BCUT2D eigenvalue weighted by atomic mass is 10.1. The number of allylic oxidation sites excluding steroid dienone is 9. The molecule has 0 amide bonds. The van der Waals surface area contributed by atoms with Crippen molar-refractivity contribution in [2.24, 2.45) is 0 Å². The van der Waals surface area contributed by atoms with Crippen LogP contribution in [0.4, 0.5) is 0 Å². The number of hydrogen-bond donors (Lipinski definition) is 1. The summed E-state index contributed by atoms with van der Waals surface area (Å²) in [6, 6.07) is 0. The van der Waals surface area contributed by atoms with Crippen molar-refractivity contribution in [2.75, 3.05) is 27.7 Å². The summed E-state index contributed by atoms with van der Waals surface area (Å²) in [5.74, 6) is -1.52. The van der Waals surface area contributed by atoms with Crippen molar-refractivity contribution in [3.8, 4) is 0 Å². The normalized spacial score (nSPS) is 13.9. The third-order valence-corrected chi connectivity index (χ3v) is 4.56. The van der Waals surface area contributed by atoms with E-state index in [0.717, 1.165) is 6.42 Å². The number of quaternary nitrogens is 1. The van der Waals surface area contributed by atoms with E-state index >= 15 is 0 Å². The lowest BCUT2D eigenvalue weighted by molar-refractivity contribution is -0.873. The Morgan fingerprint density at radius 3 is 1.91 bits per heavy atom. The standard InChI is InChI=1S/C27H43NO4/c1-5-6-7-8-9-10-11-12-13-14-15-16-17-18-19-20-21-22-27(31)32-25(23-26(29)30)24-28(2,3)4/h13-22,25H,5-12,23-24H2,1-4H3/p+1. The highest BCUT2D eigenvalue weighted by molar-refractivity contribution is 5.82. The fourth-order valence-corrected chi connectivity index (χ4v) is 3.07. The van der Waals surface area contributed by atoms with Crippen LogP contribution in [-0.2, 0) is 14.3 Å². The molecule has 0 saturated carbocycles. The smallest absolute Gasteiger partial charge is 0.331 e. The van der Waals surface area contributed by atoms with Crippen molar-refractivity contribution in [3.63, 3.8) is 0 Å². The fourth-order valence-electron chi connectivity index (χ4n) is 3.07. The zero-order valence-electron chi connectivity index (χ0n) is 20.5. The monoisotopic (exact) mass is 446 g/mol. The van der Waals surface area contributed by atoms with Gasteiger partial charge in [0.05, 0.1) is 27.6 Å². The van der Waals surface area contributed by atoms with E-state index in [4.69, 9.17) is 9.84 Å². The molecule has 1 N–H and O–H groups in total. The maximum Gasteiger partial charge on any atom is 0.331 e. The Morgan fingerprint density at radius 2 is 1.34 bits per heavy atom. The van der Waals surface area contributed by atoms with Crippen LogP contribution in [0.5, 0.6) is 0 Å². The SMILES string of the molecule is CCCCCCCCCC=CC=CC=CC=CC=CC(=O)OC(CC(=O)O)C[N+](C)(C)C. The number of likely N-dealkylation sites (N-methyl/N-ethyl adjacent to an activating group) is 1. The molecule has 0 aliphatic heterocycles. The number of nitrogens with zero attached hydrogens (tertiary/aromatic N) is 1. The number of unbranched alkanes of at least 4 members (excludes halogenated alkanes) is 7. The van der Waals surface area contributed by atoms with Gasteiger partial charge in [0.1, 0.15) is 6.54 Å². The van der Waals surface area contributed by atoms with E-state index in [1.807, 2.05) is 51.5 Å². The van der Waals surface area contributed by atoms with Crippen LogP contribution in [0, 0.1) is 0 Å². The van der Waals surface area contributed by atoms with Crippen LogP contribution in [-0.4, -0.2) is 55.3 Å². The first-order chi connectivity index (χ1) is 15.2. The second-order valence-electron chi connectivity index (χ2n) is 8.98. The predicted octanol–water partition coefficient (Wildman–Crippen LogP) is 6.00. The second-order valence-corrected chi connectivity index (χ2v) is 8.98. The molecular weight excluding hydrogens is 402 g/mol. The number of carboxylic acid groups (broad SMARTS) is 1. The van der Waals surface area contributed by atoms with Crippen molar-refractivity contribution in [1.29, 1.82) is 0 Å². The average molecular weight is 447 g/mol. The number of carbonyl (C=O) groups is 2. The first-order valence-corrected chi connectivity index (χ1v) is 11.8. The van der Waals surface area contributed by atoms with Crippen molar-refractivity contribution in [3.05, 3.63) is 60.8 Å². The molecule has 0 bridgehead atoms. The van der Waals surface area contributed by atoms with Crippen LogP contribution in [0.2, 0.25) is 0 Å². The maximum absolute atomic E-state index is 11.9.